The lowest BCUT2D eigenvalue weighted by Gasteiger charge is -2.18. The molecule has 0 aliphatic heterocycles. The first kappa shape index (κ1) is 13.0. The Hall–Kier alpha value is -2.99. The largest absolute Gasteiger partial charge is 0.265 e. The van der Waals surface area contributed by atoms with E-state index in [2.05, 4.69) is 22.1 Å². The Labute approximate surface area is 123 Å². The molecule has 0 amide bonds. The van der Waals surface area contributed by atoms with Gasteiger partial charge in [-0.25, -0.2) is 0 Å². The first-order chi connectivity index (χ1) is 10.4. The highest BCUT2D eigenvalue weighted by Gasteiger charge is 2.16. The summed E-state index contributed by atoms with van der Waals surface area (Å²) in [5.41, 5.74) is 4.07. The summed E-state index contributed by atoms with van der Waals surface area (Å²) in [4.78, 5) is 8.31. The van der Waals surface area contributed by atoms with E-state index in [0.717, 1.165) is 16.7 Å². The second-order valence-electron chi connectivity index (χ2n) is 4.73. The van der Waals surface area contributed by atoms with Gasteiger partial charge in [0.25, 0.3) is 0 Å². The van der Waals surface area contributed by atoms with Crippen molar-refractivity contribution in [3.8, 4) is 6.07 Å². The van der Waals surface area contributed by atoms with E-state index in [1.807, 2.05) is 48.7 Å². The fourth-order valence-electron chi connectivity index (χ4n) is 2.43. The van der Waals surface area contributed by atoms with Gasteiger partial charge in [-0.2, -0.15) is 5.26 Å². The first-order valence-corrected chi connectivity index (χ1v) is 6.68. The number of benzene rings is 1. The van der Waals surface area contributed by atoms with Gasteiger partial charge in [-0.1, -0.05) is 18.2 Å². The molecule has 0 saturated carbocycles. The van der Waals surface area contributed by atoms with Crippen LogP contribution in [0.3, 0.4) is 0 Å². The van der Waals surface area contributed by atoms with Crippen LogP contribution in [0.4, 0.5) is 0 Å². The average molecular weight is 271 g/mol. The Kier molecular flexibility index (Phi) is 3.70. The van der Waals surface area contributed by atoms with Crippen molar-refractivity contribution in [2.45, 2.75) is 5.92 Å². The maximum absolute atomic E-state index is 8.93. The van der Waals surface area contributed by atoms with E-state index >= 15 is 0 Å². The quantitative estimate of drug-likeness (QED) is 0.732. The number of aromatic nitrogens is 2. The van der Waals surface area contributed by atoms with Crippen molar-refractivity contribution in [2.24, 2.45) is 0 Å². The molecule has 1 unspecified atom stereocenters. The van der Waals surface area contributed by atoms with Crippen molar-refractivity contribution >= 4 is 0 Å². The van der Waals surface area contributed by atoms with Crippen LogP contribution in [0.5, 0.6) is 0 Å². The monoisotopic (exact) mass is 271 g/mol. The van der Waals surface area contributed by atoms with Crippen LogP contribution in [-0.2, 0) is 0 Å². The third kappa shape index (κ3) is 2.80. The summed E-state index contributed by atoms with van der Waals surface area (Å²) in [7, 11) is 0. The van der Waals surface area contributed by atoms with Gasteiger partial charge in [-0.15, -0.1) is 0 Å². The number of nitrogens with zero attached hydrogens (tertiary/aromatic N) is 3. The van der Waals surface area contributed by atoms with E-state index in [0.29, 0.717) is 5.56 Å². The molecule has 0 radical (unpaired) electrons. The number of hydrogen-bond donors (Lipinski definition) is 0. The lowest BCUT2D eigenvalue weighted by molar-refractivity contribution is 0.957. The van der Waals surface area contributed by atoms with E-state index in [4.69, 9.17) is 5.26 Å². The van der Waals surface area contributed by atoms with Gasteiger partial charge in [0.05, 0.1) is 11.6 Å². The molecule has 3 aromatic rings. The summed E-state index contributed by atoms with van der Waals surface area (Å²) in [6.07, 6.45) is 7.24. The van der Waals surface area contributed by atoms with Crippen molar-refractivity contribution in [1.82, 2.24) is 9.97 Å². The van der Waals surface area contributed by atoms with E-state index in [1.165, 1.54) is 0 Å². The van der Waals surface area contributed by atoms with Gasteiger partial charge in [0, 0.05) is 30.7 Å². The zero-order valence-corrected chi connectivity index (χ0v) is 11.3. The lowest BCUT2D eigenvalue weighted by Crippen LogP contribution is -2.04. The maximum Gasteiger partial charge on any atom is 0.0991 e. The van der Waals surface area contributed by atoms with Crippen molar-refractivity contribution in [2.75, 3.05) is 0 Å². The highest BCUT2D eigenvalue weighted by atomic mass is 14.6. The average Bonchev–Trinajstić information content (AvgIpc) is 2.58. The van der Waals surface area contributed by atoms with Crippen LogP contribution in [0.25, 0.3) is 0 Å². The normalized spacial score (nSPS) is 11.6. The van der Waals surface area contributed by atoms with Crippen LogP contribution in [-0.4, -0.2) is 9.97 Å². The maximum atomic E-state index is 8.93. The lowest BCUT2D eigenvalue weighted by atomic mass is 9.86. The summed E-state index contributed by atoms with van der Waals surface area (Å²) in [6.45, 7) is 0. The zero-order valence-electron chi connectivity index (χ0n) is 11.3. The number of pyridine rings is 2. The fourth-order valence-corrected chi connectivity index (χ4v) is 2.43. The van der Waals surface area contributed by atoms with Gasteiger partial charge in [0.2, 0.25) is 0 Å². The Bertz CT molecular complexity index is 704. The molecule has 2 aromatic heterocycles. The number of hydrogen-bond acceptors (Lipinski definition) is 3. The molecule has 100 valence electrons. The first-order valence-electron chi connectivity index (χ1n) is 6.68. The Morgan fingerprint density at radius 1 is 0.762 bits per heavy atom. The minimum Gasteiger partial charge on any atom is -0.265 e. The molecule has 2 heterocycles. The molecule has 0 spiro atoms. The fraction of sp³-hybridized carbons (Fsp3) is 0.0556. The zero-order chi connectivity index (χ0) is 14.5. The third-order valence-electron chi connectivity index (χ3n) is 3.43. The summed E-state index contributed by atoms with van der Waals surface area (Å²) >= 11 is 0. The van der Waals surface area contributed by atoms with E-state index in [-0.39, 0.29) is 5.92 Å². The molecular formula is C18H13N3. The highest BCUT2D eigenvalue weighted by molar-refractivity contribution is 5.43. The molecular weight excluding hydrogens is 258 g/mol. The minimum atomic E-state index is 0.0921. The third-order valence-corrected chi connectivity index (χ3v) is 3.43. The standard InChI is InChI=1S/C18H13N3/c19-12-14-3-5-15(6-4-14)18(16-7-10-20-11-8-16)17-2-1-9-21-13-17/h1-11,13,18H. The van der Waals surface area contributed by atoms with Crippen molar-refractivity contribution in [3.63, 3.8) is 0 Å². The van der Waals surface area contributed by atoms with Crippen LogP contribution in [0.1, 0.15) is 28.2 Å². The van der Waals surface area contributed by atoms with Crippen molar-refractivity contribution in [1.29, 1.82) is 5.26 Å². The molecule has 0 fully saturated rings. The van der Waals surface area contributed by atoms with E-state index in [1.54, 1.807) is 18.6 Å². The van der Waals surface area contributed by atoms with Gasteiger partial charge < -0.3 is 0 Å². The molecule has 0 N–H and O–H groups in total. The van der Waals surface area contributed by atoms with E-state index in [9.17, 15) is 0 Å². The number of nitriles is 1. The molecule has 3 heteroatoms. The summed E-state index contributed by atoms with van der Waals surface area (Å²) in [6, 6.07) is 17.9. The predicted molar refractivity (Wildman–Crippen MR) is 80.6 cm³/mol. The highest BCUT2D eigenvalue weighted by Crippen LogP contribution is 2.31. The van der Waals surface area contributed by atoms with Crippen molar-refractivity contribution < 1.29 is 0 Å². The van der Waals surface area contributed by atoms with Crippen LogP contribution in [0.15, 0.2) is 73.3 Å². The van der Waals surface area contributed by atoms with Gasteiger partial charge in [-0.05, 0) is 47.0 Å². The van der Waals surface area contributed by atoms with Crippen molar-refractivity contribution in [3.05, 3.63) is 95.6 Å². The molecule has 0 saturated heterocycles. The van der Waals surface area contributed by atoms with Crippen LogP contribution >= 0.6 is 0 Å². The molecule has 0 aliphatic rings. The SMILES string of the molecule is N#Cc1ccc(C(c2ccncc2)c2cccnc2)cc1. The van der Waals surface area contributed by atoms with Gasteiger partial charge in [0.15, 0.2) is 0 Å². The Morgan fingerprint density at radius 2 is 1.48 bits per heavy atom. The molecule has 1 aromatic carbocycles. The molecule has 1 atom stereocenters. The Balaban J connectivity index is 2.10. The van der Waals surface area contributed by atoms with E-state index < -0.39 is 0 Å². The molecule has 0 aliphatic carbocycles. The summed E-state index contributed by atoms with van der Waals surface area (Å²) in [5, 5.41) is 8.93. The second kappa shape index (κ2) is 5.98. The summed E-state index contributed by atoms with van der Waals surface area (Å²) in [5.74, 6) is 0.0921. The molecule has 0 bridgehead atoms. The summed E-state index contributed by atoms with van der Waals surface area (Å²) < 4.78 is 0. The van der Waals surface area contributed by atoms with Crippen LogP contribution in [0, 0.1) is 11.3 Å². The van der Waals surface area contributed by atoms with Gasteiger partial charge >= 0.3 is 0 Å². The minimum absolute atomic E-state index is 0.0921. The number of rotatable bonds is 3. The van der Waals surface area contributed by atoms with Crippen LogP contribution in [0.2, 0.25) is 0 Å². The topological polar surface area (TPSA) is 49.6 Å². The molecule has 21 heavy (non-hydrogen) atoms. The van der Waals surface area contributed by atoms with Crippen LogP contribution < -0.4 is 0 Å². The second-order valence-corrected chi connectivity index (χ2v) is 4.73. The Morgan fingerprint density at radius 3 is 2.10 bits per heavy atom. The van der Waals surface area contributed by atoms with Gasteiger partial charge in [-0.3, -0.25) is 9.97 Å². The molecule has 3 rings (SSSR count). The van der Waals surface area contributed by atoms with Gasteiger partial charge in [0.1, 0.15) is 0 Å². The predicted octanol–water partition coefficient (Wildman–Crippen LogP) is 3.53. The molecule has 3 nitrogen and oxygen atoms in total. The smallest absolute Gasteiger partial charge is 0.0991 e.